The monoisotopic (exact) mass is 412 g/mol. The molecule has 0 aliphatic carbocycles. The van der Waals surface area contributed by atoms with Crippen LogP contribution < -0.4 is 15.8 Å². The van der Waals surface area contributed by atoms with Crippen LogP contribution in [0, 0.1) is 6.92 Å². The minimum absolute atomic E-state index is 0.0938. The third-order valence-corrected chi connectivity index (χ3v) is 4.63. The van der Waals surface area contributed by atoms with Crippen molar-refractivity contribution in [2.24, 2.45) is 5.73 Å². The van der Waals surface area contributed by atoms with Crippen molar-refractivity contribution in [1.29, 1.82) is 0 Å². The van der Waals surface area contributed by atoms with Crippen molar-refractivity contribution in [1.82, 2.24) is 9.78 Å². The van der Waals surface area contributed by atoms with Gasteiger partial charge in [-0.25, -0.2) is 4.68 Å². The number of amides is 2. The van der Waals surface area contributed by atoms with Gasteiger partial charge in [-0.05, 0) is 67.4 Å². The highest BCUT2D eigenvalue weighted by Gasteiger charge is 2.07. The second kappa shape index (κ2) is 9.25. The molecule has 29 heavy (non-hydrogen) atoms. The summed E-state index contributed by atoms with van der Waals surface area (Å²) in [5.41, 5.74) is 7.77. The van der Waals surface area contributed by atoms with Crippen LogP contribution >= 0.6 is 11.6 Å². The van der Waals surface area contributed by atoms with Gasteiger partial charge in [0.2, 0.25) is 5.91 Å². The second-order valence-corrected chi connectivity index (χ2v) is 6.88. The molecular weight excluding hydrogens is 392 g/mol. The molecule has 0 saturated carbocycles. The summed E-state index contributed by atoms with van der Waals surface area (Å²) in [6.07, 6.45) is 2.58. The Morgan fingerprint density at radius 2 is 1.93 bits per heavy atom. The molecule has 0 atom stereocenters. The Hall–Kier alpha value is -3.32. The van der Waals surface area contributed by atoms with E-state index in [0.29, 0.717) is 30.2 Å². The third-order valence-electron chi connectivity index (χ3n) is 4.20. The van der Waals surface area contributed by atoms with E-state index >= 15 is 0 Å². The molecule has 2 aromatic carbocycles. The highest BCUT2D eigenvalue weighted by Crippen LogP contribution is 2.21. The second-order valence-electron chi connectivity index (χ2n) is 6.47. The maximum absolute atomic E-state index is 12.1. The zero-order valence-electron chi connectivity index (χ0n) is 15.9. The quantitative estimate of drug-likeness (QED) is 0.550. The van der Waals surface area contributed by atoms with Crippen molar-refractivity contribution in [3.63, 3.8) is 0 Å². The fourth-order valence-corrected chi connectivity index (χ4v) is 2.77. The van der Waals surface area contributed by atoms with E-state index in [9.17, 15) is 9.59 Å². The van der Waals surface area contributed by atoms with Crippen molar-refractivity contribution in [2.45, 2.75) is 19.8 Å². The molecule has 3 N–H and O–H groups in total. The number of halogens is 1. The predicted molar refractivity (Wildman–Crippen MR) is 112 cm³/mol. The summed E-state index contributed by atoms with van der Waals surface area (Å²) in [6, 6.07) is 14.1. The van der Waals surface area contributed by atoms with E-state index in [2.05, 4.69) is 10.4 Å². The van der Waals surface area contributed by atoms with Crippen molar-refractivity contribution >= 4 is 29.1 Å². The van der Waals surface area contributed by atoms with Gasteiger partial charge in [-0.3, -0.25) is 9.59 Å². The molecule has 0 bridgehead atoms. The Bertz CT molecular complexity index is 1020. The van der Waals surface area contributed by atoms with E-state index < -0.39 is 5.91 Å². The Morgan fingerprint density at radius 1 is 1.17 bits per heavy atom. The molecule has 3 aromatic rings. The van der Waals surface area contributed by atoms with E-state index in [0.717, 1.165) is 17.0 Å². The van der Waals surface area contributed by atoms with Gasteiger partial charge in [-0.15, -0.1) is 0 Å². The molecule has 0 spiro atoms. The summed E-state index contributed by atoms with van der Waals surface area (Å²) in [6.45, 7) is 2.35. The van der Waals surface area contributed by atoms with Gasteiger partial charge in [0.15, 0.2) is 0 Å². The predicted octanol–water partition coefficient (Wildman–Crippen LogP) is 3.73. The van der Waals surface area contributed by atoms with Crippen molar-refractivity contribution in [2.75, 3.05) is 11.9 Å². The maximum atomic E-state index is 12.1. The summed E-state index contributed by atoms with van der Waals surface area (Å²) >= 11 is 5.99. The molecule has 2 amide bonds. The Morgan fingerprint density at radius 3 is 2.59 bits per heavy atom. The smallest absolute Gasteiger partial charge is 0.269 e. The van der Waals surface area contributed by atoms with Gasteiger partial charge in [0.1, 0.15) is 11.4 Å². The van der Waals surface area contributed by atoms with Crippen LogP contribution in [0.1, 0.15) is 28.9 Å². The van der Waals surface area contributed by atoms with Crippen molar-refractivity contribution in [3.8, 4) is 11.4 Å². The normalized spacial score (nSPS) is 10.6. The number of ether oxygens (including phenoxy) is 1. The Labute approximate surface area is 173 Å². The Kier molecular flexibility index (Phi) is 6.51. The Balaban J connectivity index is 1.45. The van der Waals surface area contributed by atoms with Crippen LogP contribution in [0.25, 0.3) is 5.69 Å². The van der Waals surface area contributed by atoms with Crippen LogP contribution in [0.5, 0.6) is 5.75 Å². The lowest BCUT2D eigenvalue weighted by atomic mass is 10.2. The van der Waals surface area contributed by atoms with Crippen molar-refractivity contribution < 1.29 is 14.3 Å². The molecule has 1 aromatic heterocycles. The van der Waals surface area contributed by atoms with Gasteiger partial charge in [0, 0.05) is 23.3 Å². The average Bonchev–Trinajstić information content (AvgIpc) is 3.19. The molecule has 7 nitrogen and oxygen atoms in total. The van der Waals surface area contributed by atoms with Gasteiger partial charge in [0.05, 0.1) is 12.3 Å². The van der Waals surface area contributed by atoms with Gasteiger partial charge in [-0.1, -0.05) is 11.6 Å². The average molecular weight is 413 g/mol. The minimum atomic E-state index is -0.581. The maximum Gasteiger partial charge on any atom is 0.269 e. The molecule has 3 rings (SSSR count). The number of nitrogens with one attached hydrogen (secondary N) is 1. The minimum Gasteiger partial charge on any atom is -0.494 e. The molecule has 0 saturated heterocycles. The van der Waals surface area contributed by atoms with Gasteiger partial charge in [0.25, 0.3) is 5.91 Å². The first-order valence-corrected chi connectivity index (χ1v) is 9.45. The summed E-state index contributed by atoms with van der Waals surface area (Å²) < 4.78 is 7.19. The zero-order chi connectivity index (χ0) is 20.8. The molecule has 0 unspecified atom stereocenters. The number of hydrogen-bond acceptors (Lipinski definition) is 4. The topological polar surface area (TPSA) is 99.2 Å². The molecule has 0 aliphatic rings. The fourth-order valence-electron chi connectivity index (χ4n) is 2.65. The number of nitrogens with two attached hydrogens (primary N) is 1. The molecule has 0 radical (unpaired) electrons. The first kappa shape index (κ1) is 20.4. The molecule has 1 heterocycles. The van der Waals surface area contributed by atoms with Gasteiger partial charge < -0.3 is 15.8 Å². The van der Waals surface area contributed by atoms with Gasteiger partial charge in [-0.2, -0.15) is 5.10 Å². The summed E-state index contributed by atoms with van der Waals surface area (Å²) in [4.78, 5) is 23.2. The summed E-state index contributed by atoms with van der Waals surface area (Å²) in [5.74, 6) is 0.0626. The zero-order valence-corrected chi connectivity index (χ0v) is 16.6. The summed E-state index contributed by atoms with van der Waals surface area (Å²) in [7, 11) is 0. The summed E-state index contributed by atoms with van der Waals surface area (Å²) in [5, 5.41) is 7.63. The van der Waals surface area contributed by atoms with E-state index in [1.54, 1.807) is 47.3 Å². The molecule has 0 fully saturated rings. The first-order valence-electron chi connectivity index (χ1n) is 9.07. The number of anilines is 1. The lowest BCUT2D eigenvalue weighted by Crippen LogP contribution is -2.13. The molecule has 0 aliphatic heterocycles. The van der Waals surface area contributed by atoms with Gasteiger partial charge >= 0.3 is 0 Å². The third kappa shape index (κ3) is 5.58. The van der Waals surface area contributed by atoms with Crippen LogP contribution in [0.3, 0.4) is 0 Å². The number of benzene rings is 2. The number of carbonyl (C=O) groups is 2. The number of primary amides is 1. The van der Waals surface area contributed by atoms with Crippen LogP contribution in [-0.2, 0) is 4.79 Å². The SMILES string of the molecule is Cc1cc(OCCCC(=O)Nc2ccc(-n3ccc(C(N)=O)n3)cc2)ccc1Cl. The highest BCUT2D eigenvalue weighted by molar-refractivity contribution is 6.31. The first-order chi connectivity index (χ1) is 13.9. The lowest BCUT2D eigenvalue weighted by Gasteiger charge is -2.09. The number of nitrogens with zero attached hydrogens (tertiary/aromatic N) is 2. The van der Waals surface area contributed by atoms with Crippen LogP contribution in [0.2, 0.25) is 5.02 Å². The van der Waals surface area contributed by atoms with E-state index in [4.69, 9.17) is 22.1 Å². The molecular formula is C21H21ClN4O3. The number of rotatable bonds is 8. The lowest BCUT2D eigenvalue weighted by molar-refractivity contribution is -0.116. The number of hydrogen-bond donors (Lipinski definition) is 2. The van der Waals surface area contributed by atoms with E-state index in [-0.39, 0.29) is 11.6 Å². The highest BCUT2D eigenvalue weighted by atomic mass is 35.5. The fraction of sp³-hybridized carbons (Fsp3) is 0.190. The van der Waals surface area contributed by atoms with Crippen molar-refractivity contribution in [3.05, 3.63) is 71.0 Å². The largest absolute Gasteiger partial charge is 0.494 e. The standard InChI is InChI=1S/C21H21ClN4O3/c1-14-13-17(8-9-18(14)22)29-12-2-3-20(27)24-15-4-6-16(7-5-15)26-11-10-19(25-26)21(23)28/h4-11,13H,2-3,12H2,1H3,(H2,23,28)(H,24,27). The number of aromatic nitrogens is 2. The van der Waals surface area contributed by atoms with E-state index in [1.807, 2.05) is 19.1 Å². The van der Waals surface area contributed by atoms with Crippen LogP contribution in [0.15, 0.2) is 54.7 Å². The van der Waals surface area contributed by atoms with E-state index in [1.165, 1.54) is 0 Å². The number of aryl methyl sites for hydroxylation is 1. The van der Waals surface area contributed by atoms with Crippen LogP contribution in [0.4, 0.5) is 5.69 Å². The molecule has 8 heteroatoms. The molecule has 150 valence electrons. The van der Waals surface area contributed by atoms with Crippen LogP contribution in [-0.4, -0.2) is 28.2 Å². The number of carbonyl (C=O) groups excluding carboxylic acids is 2.